The number of thioether (sulfide) groups is 1. The molecule has 2 aromatic rings. The van der Waals surface area contributed by atoms with Gasteiger partial charge in [0, 0.05) is 19.6 Å². The van der Waals surface area contributed by atoms with E-state index in [4.69, 9.17) is 4.74 Å². The van der Waals surface area contributed by atoms with E-state index >= 15 is 0 Å². The van der Waals surface area contributed by atoms with Crippen LogP contribution in [0.15, 0.2) is 42.1 Å². The molecule has 1 aromatic carbocycles. The minimum absolute atomic E-state index is 0.0288. The van der Waals surface area contributed by atoms with E-state index in [2.05, 4.69) is 16.8 Å². The molecule has 0 aliphatic carbocycles. The Kier molecular flexibility index (Phi) is 7.03. The van der Waals surface area contributed by atoms with Crippen molar-refractivity contribution in [2.45, 2.75) is 24.5 Å². The van der Waals surface area contributed by atoms with Gasteiger partial charge in [-0.2, -0.15) is 0 Å². The van der Waals surface area contributed by atoms with Gasteiger partial charge in [-0.25, -0.2) is 4.39 Å². The maximum atomic E-state index is 14.2. The van der Waals surface area contributed by atoms with Crippen LogP contribution >= 0.6 is 11.8 Å². The van der Waals surface area contributed by atoms with E-state index in [1.807, 2.05) is 0 Å². The SMILES string of the molecule is C=CCn1c(SCC(=O)N2CCC(C(=O)OC)CC2)nnc1-c1ccccc1F. The van der Waals surface area contributed by atoms with E-state index in [9.17, 15) is 14.0 Å². The van der Waals surface area contributed by atoms with Crippen LogP contribution in [-0.2, 0) is 20.9 Å². The predicted octanol–water partition coefficient (Wildman–Crippen LogP) is 2.77. The van der Waals surface area contributed by atoms with Crippen molar-refractivity contribution in [2.24, 2.45) is 5.92 Å². The highest BCUT2D eigenvalue weighted by Gasteiger charge is 2.28. The topological polar surface area (TPSA) is 77.3 Å². The quantitative estimate of drug-likeness (QED) is 0.391. The Hall–Kier alpha value is -2.68. The normalized spacial score (nSPS) is 14.6. The molecule has 1 aromatic heterocycles. The minimum Gasteiger partial charge on any atom is -0.469 e. The number of esters is 1. The average Bonchev–Trinajstić information content (AvgIpc) is 3.14. The number of allylic oxidation sites excluding steroid dienone is 1. The summed E-state index contributed by atoms with van der Waals surface area (Å²) in [4.78, 5) is 25.9. The number of carbonyl (C=O) groups excluding carboxylic acids is 2. The third kappa shape index (κ3) is 4.84. The van der Waals surface area contributed by atoms with Crippen LogP contribution in [0.1, 0.15) is 12.8 Å². The molecule has 2 heterocycles. The maximum absolute atomic E-state index is 14.2. The second-order valence-corrected chi connectivity index (χ2v) is 7.59. The molecule has 7 nitrogen and oxygen atoms in total. The summed E-state index contributed by atoms with van der Waals surface area (Å²) in [6.07, 6.45) is 2.89. The van der Waals surface area contributed by atoms with Gasteiger partial charge in [0.1, 0.15) is 5.82 Å². The molecule has 1 saturated heterocycles. The van der Waals surface area contributed by atoms with Crippen molar-refractivity contribution in [3.8, 4) is 11.4 Å². The number of ether oxygens (including phenoxy) is 1. The van der Waals surface area contributed by atoms with Gasteiger partial charge < -0.3 is 9.64 Å². The standard InChI is InChI=1S/C20H23FN4O3S/c1-3-10-25-18(15-6-4-5-7-16(15)21)22-23-20(25)29-13-17(26)24-11-8-14(9-12-24)19(27)28-2/h3-7,14H,1,8-13H2,2H3. The predicted molar refractivity (Wildman–Crippen MR) is 108 cm³/mol. The largest absolute Gasteiger partial charge is 0.469 e. The summed E-state index contributed by atoms with van der Waals surface area (Å²) in [5, 5.41) is 8.80. The van der Waals surface area contributed by atoms with Crippen LogP contribution in [0.2, 0.25) is 0 Å². The summed E-state index contributed by atoms with van der Waals surface area (Å²) in [7, 11) is 1.38. The Labute approximate surface area is 172 Å². The Morgan fingerprint density at radius 3 is 2.69 bits per heavy atom. The number of benzene rings is 1. The van der Waals surface area contributed by atoms with Crippen molar-refractivity contribution in [1.29, 1.82) is 0 Å². The van der Waals surface area contributed by atoms with Crippen LogP contribution in [0.4, 0.5) is 4.39 Å². The molecule has 9 heteroatoms. The number of piperidine rings is 1. The van der Waals surface area contributed by atoms with Crippen molar-refractivity contribution in [3.63, 3.8) is 0 Å². The number of aromatic nitrogens is 3. The van der Waals surface area contributed by atoms with Crippen molar-refractivity contribution in [1.82, 2.24) is 19.7 Å². The number of likely N-dealkylation sites (tertiary alicyclic amines) is 1. The zero-order valence-electron chi connectivity index (χ0n) is 16.2. The summed E-state index contributed by atoms with van der Waals surface area (Å²) >= 11 is 1.26. The van der Waals surface area contributed by atoms with Crippen molar-refractivity contribution >= 4 is 23.6 Å². The fourth-order valence-electron chi connectivity index (χ4n) is 3.28. The van der Waals surface area contributed by atoms with Crippen LogP contribution in [0.3, 0.4) is 0 Å². The summed E-state index contributed by atoms with van der Waals surface area (Å²) in [5.41, 5.74) is 0.352. The van der Waals surface area contributed by atoms with Gasteiger partial charge in [0.2, 0.25) is 5.91 Å². The first-order valence-electron chi connectivity index (χ1n) is 9.32. The van der Waals surface area contributed by atoms with E-state index < -0.39 is 0 Å². The third-order valence-electron chi connectivity index (χ3n) is 4.85. The number of halogens is 1. The number of carbonyl (C=O) groups is 2. The highest BCUT2D eigenvalue weighted by atomic mass is 32.2. The van der Waals surface area contributed by atoms with Gasteiger partial charge in [-0.15, -0.1) is 16.8 Å². The molecule has 0 unspecified atom stereocenters. The van der Waals surface area contributed by atoms with Gasteiger partial charge in [-0.3, -0.25) is 14.2 Å². The molecule has 0 N–H and O–H groups in total. The molecule has 0 atom stereocenters. The molecule has 29 heavy (non-hydrogen) atoms. The lowest BCUT2D eigenvalue weighted by Gasteiger charge is -2.30. The second-order valence-electron chi connectivity index (χ2n) is 6.65. The molecule has 1 aliphatic heterocycles. The lowest BCUT2D eigenvalue weighted by atomic mass is 9.97. The number of hydrogen-bond donors (Lipinski definition) is 0. The lowest BCUT2D eigenvalue weighted by Crippen LogP contribution is -2.41. The summed E-state index contributed by atoms with van der Waals surface area (Å²) in [6.45, 7) is 5.19. The molecule has 3 rings (SSSR count). The molecule has 0 bridgehead atoms. The highest BCUT2D eigenvalue weighted by molar-refractivity contribution is 7.99. The Morgan fingerprint density at radius 2 is 2.03 bits per heavy atom. The van der Waals surface area contributed by atoms with Gasteiger partial charge in [-0.1, -0.05) is 30.0 Å². The third-order valence-corrected chi connectivity index (χ3v) is 5.80. The fourth-order valence-corrected chi connectivity index (χ4v) is 4.13. The number of amides is 1. The molecule has 0 saturated carbocycles. The second kappa shape index (κ2) is 9.69. The van der Waals surface area contributed by atoms with Gasteiger partial charge in [0.05, 0.1) is 24.3 Å². The lowest BCUT2D eigenvalue weighted by molar-refractivity contribution is -0.148. The number of hydrogen-bond acceptors (Lipinski definition) is 6. The van der Waals surface area contributed by atoms with E-state index in [0.717, 1.165) is 0 Å². The van der Waals surface area contributed by atoms with Crippen molar-refractivity contribution < 1.29 is 18.7 Å². The van der Waals surface area contributed by atoms with Crippen molar-refractivity contribution in [2.75, 3.05) is 26.0 Å². The fraction of sp³-hybridized carbons (Fsp3) is 0.400. The zero-order chi connectivity index (χ0) is 20.8. The van der Waals surface area contributed by atoms with Gasteiger partial charge in [0.15, 0.2) is 11.0 Å². The van der Waals surface area contributed by atoms with Crippen molar-refractivity contribution in [3.05, 3.63) is 42.7 Å². The number of rotatable bonds is 7. The van der Waals surface area contributed by atoms with Gasteiger partial charge >= 0.3 is 5.97 Å². The van der Waals surface area contributed by atoms with Crippen LogP contribution in [0.5, 0.6) is 0 Å². The van der Waals surface area contributed by atoms with E-state index in [0.29, 0.717) is 49.0 Å². The molecule has 154 valence electrons. The molecule has 1 aliphatic rings. The Morgan fingerprint density at radius 1 is 1.31 bits per heavy atom. The maximum Gasteiger partial charge on any atom is 0.308 e. The van der Waals surface area contributed by atoms with E-state index in [-0.39, 0.29) is 29.4 Å². The van der Waals surface area contributed by atoms with Crippen LogP contribution < -0.4 is 0 Å². The number of nitrogens with zero attached hydrogens (tertiary/aromatic N) is 4. The minimum atomic E-state index is -0.383. The van der Waals surface area contributed by atoms with Gasteiger partial charge in [-0.05, 0) is 25.0 Å². The molecule has 1 amide bonds. The average molecular weight is 418 g/mol. The Bertz CT molecular complexity index is 894. The molecule has 0 radical (unpaired) electrons. The first-order chi connectivity index (χ1) is 14.0. The van der Waals surface area contributed by atoms with Crippen LogP contribution in [0.25, 0.3) is 11.4 Å². The molecular weight excluding hydrogens is 395 g/mol. The molecule has 1 fully saturated rings. The first kappa shape index (κ1) is 21.0. The molecule has 0 spiro atoms. The molecular formula is C20H23FN4O3S. The smallest absolute Gasteiger partial charge is 0.308 e. The monoisotopic (exact) mass is 418 g/mol. The number of methoxy groups -OCH3 is 1. The summed E-state index contributed by atoms with van der Waals surface area (Å²) in [6, 6.07) is 6.37. The summed E-state index contributed by atoms with van der Waals surface area (Å²) < 4.78 is 20.7. The van der Waals surface area contributed by atoms with E-state index in [1.54, 1.807) is 33.7 Å². The first-order valence-corrected chi connectivity index (χ1v) is 10.3. The van der Waals surface area contributed by atoms with Crippen LogP contribution in [0, 0.1) is 11.7 Å². The van der Waals surface area contributed by atoms with Crippen LogP contribution in [-0.4, -0.2) is 57.5 Å². The van der Waals surface area contributed by atoms with E-state index in [1.165, 1.54) is 24.9 Å². The highest BCUT2D eigenvalue weighted by Crippen LogP contribution is 2.27. The Balaban J connectivity index is 1.65. The summed E-state index contributed by atoms with van der Waals surface area (Å²) in [5.74, 6) is -0.183. The van der Waals surface area contributed by atoms with Gasteiger partial charge in [0.25, 0.3) is 0 Å². The zero-order valence-corrected chi connectivity index (χ0v) is 17.0.